The van der Waals surface area contributed by atoms with Gasteiger partial charge in [0.2, 0.25) is 0 Å². The summed E-state index contributed by atoms with van der Waals surface area (Å²) in [5, 5.41) is 4.70. The summed E-state index contributed by atoms with van der Waals surface area (Å²) in [5.41, 5.74) is 2.78. The van der Waals surface area contributed by atoms with Crippen molar-refractivity contribution in [3.05, 3.63) is 42.0 Å². The standard InChI is InChI=1S/C18H24N2O/c1-2-18(15-7-4-3-5-8-15)16-10-12-19(13-16)20-11-6-9-17(20)14-21/h2-5,7-8,14,16-17H,6,9-13H2,1H3/b18-2-/t16?,17-/m0/s1. The maximum atomic E-state index is 11.2. The number of benzene rings is 1. The lowest BCUT2D eigenvalue weighted by Gasteiger charge is -2.31. The number of allylic oxidation sites excluding steroid dienone is 1. The van der Waals surface area contributed by atoms with Crippen molar-refractivity contribution in [3.63, 3.8) is 0 Å². The Balaban J connectivity index is 1.70. The van der Waals surface area contributed by atoms with Gasteiger partial charge in [-0.2, -0.15) is 0 Å². The lowest BCUT2D eigenvalue weighted by Crippen LogP contribution is -2.44. The number of aldehydes is 1. The minimum Gasteiger partial charge on any atom is -0.302 e. The first-order valence-electron chi connectivity index (χ1n) is 8.02. The van der Waals surface area contributed by atoms with Crippen LogP contribution in [0.5, 0.6) is 0 Å². The van der Waals surface area contributed by atoms with Crippen LogP contribution in [0.2, 0.25) is 0 Å². The third-order valence-corrected chi connectivity index (χ3v) is 4.82. The summed E-state index contributed by atoms with van der Waals surface area (Å²) in [6.07, 6.45) is 6.70. The molecule has 2 atom stereocenters. The molecule has 0 spiro atoms. The van der Waals surface area contributed by atoms with Gasteiger partial charge >= 0.3 is 0 Å². The Bertz CT molecular complexity index is 511. The quantitative estimate of drug-likeness (QED) is 0.794. The maximum Gasteiger partial charge on any atom is 0.138 e. The van der Waals surface area contributed by atoms with E-state index in [-0.39, 0.29) is 6.04 Å². The van der Waals surface area contributed by atoms with Crippen LogP contribution in [-0.2, 0) is 4.79 Å². The first kappa shape index (κ1) is 14.5. The molecule has 1 aromatic rings. The molecule has 2 aliphatic heterocycles. The zero-order valence-corrected chi connectivity index (χ0v) is 12.7. The van der Waals surface area contributed by atoms with Gasteiger partial charge in [-0.15, -0.1) is 0 Å². The van der Waals surface area contributed by atoms with Crippen molar-refractivity contribution in [2.24, 2.45) is 5.92 Å². The molecule has 0 aromatic heterocycles. The highest BCUT2D eigenvalue weighted by Gasteiger charge is 2.34. The van der Waals surface area contributed by atoms with E-state index in [4.69, 9.17) is 0 Å². The topological polar surface area (TPSA) is 23.6 Å². The zero-order valence-electron chi connectivity index (χ0n) is 12.7. The highest BCUT2D eigenvalue weighted by molar-refractivity contribution is 5.67. The van der Waals surface area contributed by atoms with Gasteiger partial charge < -0.3 is 4.79 Å². The van der Waals surface area contributed by atoms with E-state index < -0.39 is 0 Å². The zero-order chi connectivity index (χ0) is 14.7. The molecule has 2 heterocycles. The number of hydrogen-bond donors (Lipinski definition) is 0. The monoisotopic (exact) mass is 284 g/mol. The van der Waals surface area contributed by atoms with Gasteiger partial charge in [-0.05, 0) is 43.2 Å². The van der Waals surface area contributed by atoms with Crippen LogP contribution in [-0.4, -0.2) is 42.0 Å². The fraction of sp³-hybridized carbons (Fsp3) is 0.500. The molecular weight excluding hydrogens is 260 g/mol. The van der Waals surface area contributed by atoms with E-state index in [1.165, 1.54) is 17.6 Å². The Morgan fingerprint density at radius 3 is 2.71 bits per heavy atom. The van der Waals surface area contributed by atoms with Gasteiger partial charge in [-0.1, -0.05) is 36.4 Å². The number of carbonyl (C=O) groups is 1. The van der Waals surface area contributed by atoms with Crippen LogP contribution in [0.3, 0.4) is 0 Å². The molecule has 3 rings (SSSR count). The molecule has 0 radical (unpaired) electrons. The second-order valence-electron chi connectivity index (χ2n) is 6.02. The van der Waals surface area contributed by atoms with E-state index in [9.17, 15) is 4.79 Å². The van der Waals surface area contributed by atoms with E-state index in [0.29, 0.717) is 5.92 Å². The maximum absolute atomic E-state index is 11.2. The highest BCUT2D eigenvalue weighted by Crippen LogP contribution is 2.33. The van der Waals surface area contributed by atoms with Crippen LogP contribution in [0.25, 0.3) is 5.57 Å². The lowest BCUT2D eigenvalue weighted by molar-refractivity contribution is -0.117. The fourth-order valence-corrected chi connectivity index (χ4v) is 3.76. The first-order chi connectivity index (χ1) is 10.3. The number of carbonyl (C=O) groups excluding carboxylic acids is 1. The van der Waals surface area contributed by atoms with E-state index in [1.807, 2.05) is 0 Å². The molecule has 3 nitrogen and oxygen atoms in total. The molecule has 21 heavy (non-hydrogen) atoms. The van der Waals surface area contributed by atoms with Crippen molar-refractivity contribution >= 4 is 11.9 Å². The van der Waals surface area contributed by atoms with Gasteiger partial charge in [0.1, 0.15) is 6.29 Å². The number of hydrazine groups is 1. The molecular formula is C18H24N2O. The summed E-state index contributed by atoms with van der Waals surface area (Å²) in [5.74, 6) is 0.574. The molecule has 3 heteroatoms. The molecule has 1 aromatic carbocycles. The van der Waals surface area contributed by atoms with E-state index in [2.05, 4.69) is 53.3 Å². The minimum atomic E-state index is 0.106. The summed E-state index contributed by atoms with van der Waals surface area (Å²) in [6, 6.07) is 10.8. The smallest absolute Gasteiger partial charge is 0.138 e. The predicted octanol–water partition coefficient (Wildman–Crippen LogP) is 2.99. The predicted molar refractivity (Wildman–Crippen MR) is 85.6 cm³/mol. The molecule has 112 valence electrons. The molecule has 0 saturated carbocycles. The van der Waals surface area contributed by atoms with Crippen LogP contribution >= 0.6 is 0 Å². The molecule has 2 fully saturated rings. The second-order valence-corrected chi connectivity index (χ2v) is 6.02. The number of hydrogen-bond acceptors (Lipinski definition) is 3. The molecule has 0 amide bonds. The average molecular weight is 284 g/mol. The summed E-state index contributed by atoms with van der Waals surface area (Å²) >= 11 is 0. The Morgan fingerprint density at radius 2 is 2.00 bits per heavy atom. The lowest BCUT2D eigenvalue weighted by atomic mass is 9.92. The van der Waals surface area contributed by atoms with Crippen LogP contribution in [0.1, 0.15) is 31.7 Å². The number of rotatable bonds is 4. The fourth-order valence-electron chi connectivity index (χ4n) is 3.76. The summed E-state index contributed by atoms with van der Waals surface area (Å²) in [6.45, 7) is 5.28. The molecule has 2 saturated heterocycles. The van der Waals surface area contributed by atoms with Gasteiger partial charge in [0.15, 0.2) is 0 Å². The molecule has 0 bridgehead atoms. The van der Waals surface area contributed by atoms with Crippen LogP contribution in [0.15, 0.2) is 36.4 Å². The molecule has 2 aliphatic rings. The first-order valence-corrected chi connectivity index (χ1v) is 8.02. The Labute approximate surface area is 127 Å². The van der Waals surface area contributed by atoms with Crippen molar-refractivity contribution in [1.82, 2.24) is 10.0 Å². The summed E-state index contributed by atoms with van der Waals surface area (Å²) < 4.78 is 0. The molecule has 1 unspecified atom stereocenters. The third kappa shape index (κ3) is 2.94. The Morgan fingerprint density at radius 1 is 1.19 bits per heavy atom. The van der Waals surface area contributed by atoms with Crippen LogP contribution in [0, 0.1) is 5.92 Å². The van der Waals surface area contributed by atoms with E-state index >= 15 is 0 Å². The normalized spacial score (nSPS) is 28.1. The third-order valence-electron chi connectivity index (χ3n) is 4.82. The van der Waals surface area contributed by atoms with Crippen LogP contribution in [0.4, 0.5) is 0 Å². The SMILES string of the molecule is C/C=C(/c1ccccc1)C1CCN(N2CCC[C@H]2C=O)C1. The second kappa shape index (κ2) is 6.54. The Kier molecular flexibility index (Phi) is 4.51. The van der Waals surface area contributed by atoms with Gasteiger partial charge in [0, 0.05) is 19.6 Å². The minimum absolute atomic E-state index is 0.106. The summed E-state index contributed by atoms with van der Waals surface area (Å²) in [4.78, 5) is 11.2. The largest absolute Gasteiger partial charge is 0.302 e. The molecule has 0 N–H and O–H groups in total. The summed E-state index contributed by atoms with van der Waals surface area (Å²) in [7, 11) is 0. The highest BCUT2D eigenvalue weighted by atomic mass is 16.1. The van der Waals surface area contributed by atoms with E-state index in [0.717, 1.165) is 38.8 Å². The van der Waals surface area contributed by atoms with Gasteiger partial charge in [-0.3, -0.25) is 0 Å². The Hall–Kier alpha value is -1.45. The average Bonchev–Trinajstić information content (AvgIpc) is 3.17. The van der Waals surface area contributed by atoms with Gasteiger partial charge in [0.05, 0.1) is 6.04 Å². The van der Waals surface area contributed by atoms with Crippen molar-refractivity contribution < 1.29 is 4.79 Å². The number of nitrogens with zero attached hydrogens (tertiary/aromatic N) is 2. The van der Waals surface area contributed by atoms with Crippen LogP contribution < -0.4 is 0 Å². The van der Waals surface area contributed by atoms with Crippen molar-refractivity contribution in [2.75, 3.05) is 19.6 Å². The van der Waals surface area contributed by atoms with Gasteiger partial charge in [0.25, 0.3) is 0 Å². The van der Waals surface area contributed by atoms with Crippen molar-refractivity contribution in [3.8, 4) is 0 Å². The van der Waals surface area contributed by atoms with Gasteiger partial charge in [-0.25, -0.2) is 10.0 Å². The van der Waals surface area contributed by atoms with Crippen molar-refractivity contribution in [2.45, 2.75) is 32.2 Å². The van der Waals surface area contributed by atoms with E-state index in [1.54, 1.807) is 0 Å². The van der Waals surface area contributed by atoms with Crippen molar-refractivity contribution in [1.29, 1.82) is 0 Å². The molecule has 0 aliphatic carbocycles.